The third-order valence-electron chi connectivity index (χ3n) is 3.42. The van der Waals surface area contributed by atoms with E-state index in [1.54, 1.807) is 18.4 Å². The van der Waals surface area contributed by atoms with Crippen molar-refractivity contribution in [1.29, 1.82) is 0 Å². The largest absolute Gasteiger partial charge is 0.497 e. The summed E-state index contributed by atoms with van der Waals surface area (Å²) in [5.74, 6) is 0.824. The molecule has 0 saturated carbocycles. The lowest BCUT2D eigenvalue weighted by atomic mass is 9.88. The van der Waals surface area contributed by atoms with E-state index in [0.29, 0.717) is 6.42 Å². The van der Waals surface area contributed by atoms with E-state index >= 15 is 0 Å². The van der Waals surface area contributed by atoms with Crippen LogP contribution in [0.4, 0.5) is 0 Å². The first-order valence-electron chi connectivity index (χ1n) is 6.43. The molecule has 0 aliphatic heterocycles. The number of imidazole rings is 1. The first-order valence-corrected chi connectivity index (χ1v) is 7.31. The van der Waals surface area contributed by atoms with Crippen molar-refractivity contribution in [2.24, 2.45) is 5.73 Å². The Morgan fingerprint density at radius 1 is 1.45 bits per heavy atom. The highest BCUT2D eigenvalue weighted by atomic mass is 32.1. The van der Waals surface area contributed by atoms with Gasteiger partial charge in [-0.25, -0.2) is 4.98 Å². The molecular weight excluding hydrogens is 270 g/mol. The van der Waals surface area contributed by atoms with Crippen molar-refractivity contribution in [2.45, 2.75) is 18.9 Å². The summed E-state index contributed by atoms with van der Waals surface area (Å²) in [7, 11) is 1.66. The number of methoxy groups -OCH3 is 1. The Balaban J connectivity index is 1.88. The van der Waals surface area contributed by atoms with Gasteiger partial charge in [0.2, 0.25) is 0 Å². The maximum Gasteiger partial charge on any atom is 0.193 e. The smallest absolute Gasteiger partial charge is 0.193 e. The van der Waals surface area contributed by atoms with E-state index in [1.807, 2.05) is 53.4 Å². The molecule has 1 aromatic carbocycles. The zero-order valence-corrected chi connectivity index (χ0v) is 12.4. The fraction of sp³-hybridized carbons (Fsp3) is 0.267. The summed E-state index contributed by atoms with van der Waals surface area (Å²) in [4.78, 5) is 5.60. The molecule has 0 spiro atoms. The summed E-state index contributed by atoms with van der Waals surface area (Å²) >= 11 is 1.63. The second kappa shape index (κ2) is 4.92. The number of aromatic nitrogens is 2. The predicted molar refractivity (Wildman–Crippen MR) is 81.3 cm³/mol. The molecule has 0 fully saturated rings. The van der Waals surface area contributed by atoms with Gasteiger partial charge in [-0.2, -0.15) is 0 Å². The van der Waals surface area contributed by atoms with Gasteiger partial charge in [0.25, 0.3) is 0 Å². The second-order valence-electron chi connectivity index (χ2n) is 5.15. The molecule has 0 aliphatic carbocycles. The van der Waals surface area contributed by atoms with E-state index in [4.69, 9.17) is 10.5 Å². The highest BCUT2D eigenvalue weighted by Crippen LogP contribution is 2.26. The van der Waals surface area contributed by atoms with Crippen molar-refractivity contribution in [1.82, 2.24) is 9.38 Å². The topological polar surface area (TPSA) is 52.5 Å². The Bertz CT molecular complexity index is 701. The molecule has 0 saturated heterocycles. The number of rotatable bonds is 4. The fourth-order valence-corrected chi connectivity index (χ4v) is 3.04. The summed E-state index contributed by atoms with van der Waals surface area (Å²) in [5.41, 5.74) is 8.06. The molecule has 0 aliphatic rings. The van der Waals surface area contributed by atoms with Crippen LogP contribution in [0.15, 0.2) is 42.0 Å². The van der Waals surface area contributed by atoms with Crippen LogP contribution < -0.4 is 10.5 Å². The normalized spacial score (nSPS) is 14.3. The summed E-state index contributed by atoms with van der Waals surface area (Å²) in [5, 5.41) is 2.02. The van der Waals surface area contributed by atoms with Gasteiger partial charge in [-0.05, 0) is 24.6 Å². The average molecular weight is 287 g/mol. The quantitative estimate of drug-likeness (QED) is 0.803. The molecule has 3 rings (SSSR count). The van der Waals surface area contributed by atoms with Gasteiger partial charge in [-0.3, -0.25) is 4.40 Å². The number of fused-ring (bicyclic) bond motifs is 1. The van der Waals surface area contributed by atoms with Crippen molar-refractivity contribution in [3.63, 3.8) is 0 Å². The Morgan fingerprint density at radius 2 is 2.30 bits per heavy atom. The average Bonchev–Trinajstić information content (AvgIpc) is 2.99. The Kier molecular flexibility index (Phi) is 3.23. The molecule has 0 radical (unpaired) electrons. The minimum absolute atomic E-state index is 0.474. The van der Waals surface area contributed by atoms with Gasteiger partial charge in [0, 0.05) is 29.7 Å². The standard InChI is InChI=1S/C15H17N3OS/c1-15(16,11-4-3-5-13(8-11)19-2)9-12-10-18-6-7-20-14(18)17-12/h3-8,10H,9,16H2,1-2H3. The number of hydrogen-bond donors (Lipinski definition) is 1. The van der Waals surface area contributed by atoms with Crippen molar-refractivity contribution in [3.05, 3.63) is 53.3 Å². The molecule has 0 bridgehead atoms. The molecular formula is C15H17N3OS. The highest BCUT2D eigenvalue weighted by molar-refractivity contribution is 7.15. The summed E-state index contributed by atoms with van der Waals surface area (Å²) in [6.45, 7) is 2.02. The van der Waals surface area contributed by atoms with Crippen LogP contribution in [0.2, 0.25) is 0 Å². The van der Waals surface area contributed by atoms with Crippen LogP contribution in [0.3, 0.4) is 0 Å². The maximum atomic E-state index is 6.48. The molecule has 2 heterocycles. The van der Waals surface area contributed by atoms with Crippen molar-refractivity contribution in [3.8, 4) is 5.75 Å². The summed E-state index contributed by atoms with van der Waals surface area (Å²) in [6.07, 6.45) is 4.74. The lowest BCUT2D eigenvalue weighted by Crippen LogP contribution is -2.35. The van der Waals surface area contributed by atoms with Crippen LogP contribution in [0.25, 0.3) is 4.96 Å². The number of benzene rings is 1. The molecule has 5 heteroatoms. The van der Waals surface area contributed by atoms with Crippen molar-refractivity contribution >= 4 is 16.3 Å². The third-order valence-corrected chi connectivity index (χ3v) is 4.19. The van der Waals surface area contributed by atoms with Crippen molar-refractivity contribution < 1.29 is 4.74 Å². The number of hydrogen-bond acceptors (Lipinski definition) is 4. The van der Waals surface area contributed by atoms with Crippen molar-refractivity contribution in [2.75, 3.05) is 7.11 Å². The minimum Gasteiger partial charge on any atom is -0.497 e. The number of nitrogens with zero attached hydrogens (tertiary/aromatic N) is 2. The van der Waals surface area contributed by atoms with Crippen LogP contribution in [0, 0.1) is 0 Å². The van der Waals surface area contributed by atoms with E-state index in [-0.39, 0.29) is 0 Å². The minimum atomic E-state index is -0.474. The first-order chi connectivity index (χ1) is 9.58. The van der Waals surface area contributed by atoms with Crippen LogP contribution >= 0.6 is 11.3 Å². The Labute approximate surface area is 121 Å². The second-order valence-corrected chi connectivity index (χ2v) is 6.02. The maximum absolute atomic E-state index is 6.48. The predicted octanol–water partition coefficient (Wildman–Crippen LogP) is 2.82. The van der Waals surface area contributed by atoms with E-state index in [2.05, 4.69) is 4.98 Å². The van der Waals surface area contributed by atoms with Gasteiger partial charge in [0.05, 0.1) is 12.8 Å². The third kappa shape index (κ3) is 2.42. The summed E-state index contributed by atoms with van der Waals surface area (Å²) in [6, 6.07) is 7.90. The van der Waals surface area contributed by atoms with Gasteiger partial charge in [-0.15, -0.1) is 11.3 Å². The number of nitrogens with two attached hydrogens (primary N) is 1. The van der Waals surface area contributed by atoms with E-state index < -0.39 is 5.54 Å². The SMILES string of the molecule is COc1cccc(C(C)(N)Cc2cn3ccsc3n2)c1. The first kappa shape index (κ1) is 13.1. The van der Waals surface area contributed by atoms with E-state index in [1.165, 1.54) is 0 Å². The number of ether oxygens (including phenoxy) is 1. The van der Waals surface area contributed by atoms with Gasteiger partial charge >= 0.3 is 0 Å². The molecule has 1 unspecified atom stereocenters. The van der Waals surface area contributed by atoms with Crippen LogP contribution in [-0.4, -0.2) is 16.5 Å². The van der Waals surface area contributed by atoms with Crippen LogP contribution in [0.5, 0.6) is 5.75 Å². The number of thiazole rings is 1. The molecule has 0 amide bonds. The molecule has 2 aromatic heterocycles. The molecule has 3 aromatic rings. The van der Waals surface area contributed by atoms with E-state index in [9.17, 15) is 0 Å². The lowest BCUT2D eigenvalue weighted by molar-refractivity contribution is 0.410. The lowest BCUT2D eigenvalue weighted by Gasteiger charge is -2.24. The van der Waals surface area contributed by atoms with Crippen LogP contribution in [-0.2, 0) is 12.0 Å². The monoisotopic (exact) mass is 287 g/mol. The fourth-order valence-electron chi connectivity index (χ4n) is 2.32. The van der Waals surface area contributed by atoms with Gasteiger partial charge in [-0.1, -0.05) is 12.1 Å². The van der Waals surface area contributed by atoms with Gasteiger partial charge in [0.1, 0.15) is 5.75 Å². The van der Waals surface area contributed by atoms with Crippen LogP contribution in [0.1, 0.15) is 18.2 Å². The molecule has 1 atom stereocenters. The molecule has 2 N–H and O–H groups in total. The zero-order valence-electron chi connectivity index (χ0n) is 11.5. The molecule has 104 valence electrons. The summed E-state index contributed by atoms with van der Waals surface area (Å²) < 4.78 is 7.29. The molecule has 4 nitrogen and oxygen atoms in total. The Morgan fingerprint density at radius 3 is 3.05 bits per heavy atom. The molecule has 20 heavy (non-hydrogen) atoms. The Hall–Kier alpha value is -1.85. The van der Waals surface area contributed by atoms with Gasteiger partial charge in [0.15, 0.2) is 4.96 Å². The van der Waals surface area contributed by atoms with Gasteiger partial charge < -0.3 is 10.5 Å². The highest BCUT2D eigenvalue weighted by Gasteiger charge is 2.23. The zero-order chi connectivity index (χ0) is 14.2. The van der Waals surface area contributed by atoms with E-state index in [0.717, 1.165) is 22.0 Å².